The fraction of sp³-hybridized carbons (Fsp3) is 0.852. The van der Waals surface area contributed by atoms with Crippen LogP contribution in [0.1, 0.15) is 99.3 Å². The summed E-state index contributed by atoms with van der Waals surface area (Å²) in [5.74, 6) is 0.538. The molecule has 4 aliphatic carbocycles. The van der Waals surface area contributed by atoms with E-state index in [0.29, 0.717) is 25.9 Å². The molecule has 4 aliphatic rings. The second-order valence-corrected chi connectivity index (χ2v) is 12.9. The fourth-order valence-corrected chi connectivity index (χ4v) is 7.89. The molecule has 6 heteroatoms. The quantitative estimate of drug-likeness (QED) is 0.539. The highest BCUT2D eigenvalue weighted by Crippen LogP contribution is 2.71. The molecular weight excluding hydrogens is 416 g/mol. The number of hydrogen-bond donors (Lipinski definition) is 2. The van der Waals surface area contributed by atoms with E-state index in [-0.39, 0.29) is 45.0 Å². The smallest absolute Gasteiger partial charge is 0.227 e. The van der Waals surface area contributed by atoms with Crippen LogP contribution in [0, 0.1) is 32.5 Å². The lowest BCUT2D eigenvalue weighted by Crippen LogP contribution is -2.47. The Bertz CT molecular complexity index is 836. The third-order valence-corrected chi connectivity index (χ3v) is 11.7. The van der Waals surface area contributed by atoms with Crippen molar-refractivity contribution in [2.45, 2.75) is 99.3 Å². The Kier molecular flexibility index (Phi) is 5.46. The van der Waals surface area contributed by atoms with Crippen molar-refractivity contribution >= 4 is 23.4 Å². The zero-order chi connectivity index (χ0) is 24.5. The summed E-state index contributed by atoms with van der Waals surface area (Å²) >= 11 is 0. The van der Waals surface area contributed by atoms with Crippen LogP contribution in [-0.2, 0) is 19.2 Å². The number of rotatable bonds is 8. The maximum atomic E-state index is 13.1. The monoisotopic (exact) mass is 458 g/mol. The maximum Gasteiger partial charge on any atom is 0.227 e. The minimum absolute atomic E-state index is 0.0342. The van der Waals surface area contributed by atoms with Gasteiger partial charge in [-0.1, -0.05) is 41.5 Å². The van der Waals surface area contributed by atoms with Crippen LogP contribution in [0.2, 0.25) is 0 Å². The number of fused-ring (bicyclic) bond motifs is 4. The van der Waals surface area contributed by atoms with E-state index in [4.69, 9.17) is 0 Å². The van der Waals surface area contributed by atoms with Gasteiger partial charge in [0, 0.05) is 36.8 Å². The van der Waals surface area contributed by atoms with Crippen LogP contribution in [0.25, 0.3) is 0 Å². The van der Waals surface area contributed by atoms with E-state index in [0.717, 1.165) is 44.9 Å². The third kappa shape index (κ3) is 2.84. The molecule has 33 heavy (non-hydrogen) atoms. The van der Waals surface area contributed by atoms with E-state index in [1.807, 2.05) is 13.8 Å². The first-order valence-corrected chi connectivity index (χ1v) is 12.9. The zero-order valence-corrected chi connectivity index (χ0v) is 21.4. The molecule has 4 unspecified atom stereocenters. The van der Waals surface area contributed by atoms with Gasteiger partial charge in [-0.3, -0.25) is 19.2 Å². The number of amides is 2. The highest BCUT2D eigenvalue weighted by Gasteiger charge is 2.73. The topological polar surface area (TPSA) is 92.3 Å². The van der Waals surface area contributed by atoms with Gasteiger partial charge in [-0.2, -0.15) is 0 Å². The normalized spacial score (nSPS) is 39.8. The van der Waals surface area contributed by atoms with Crippen molar-refractivity contribution in [3.05, 3.63) is 0 Å². The molecule has 4 bridgehead atoms. The third-order valence-electron chi connectivity index (χ3n) is 11.7. The Labute approximate surface area is 198 Å². The zero-order valence-electron chi connectivity index (χ0n) is 21.4. The molecule has 0 aliphatic heterocycles. The van der Waals surface area contributed by atoms with Crippen molar-refractivity contribution < 1.29 is 19.2 Å². The van der Waals surface area contributed by atoms with Crippen LogP contribution in [0.4, 0.5) is 0 Å². The molecule has 2 amide bonds. The van der Waals surface area contributed by atoms with Crippen molar-refractivity contribution in [1.29, 1.82) is 0 Å². The van der Waals surface area contributed by atoms with Crippen LogP contribution >= 0.6 is 0 Å². The summed E-state index contributed by atoms with van der Waals surface area (Å²) in [5.41, 5.74) is -2.50. The number of carbonyl (C=O) groups is 4. The lowest BCUT2D eigenvalue weighted by Gasteiger charge is -2.38. The van der Waals surface area contributed by atoms with E-state index in [9.17, 15) is 19.2 Å². The predicted molar refractivity (Wildman–Crippen MR) is 126 cm³/mol. The van der Waals surface area contributed by atoms with Crippen LogP contribution in [0.15, 0.2) is 0 Å². The summed E-state index contributed by atoms with van der Waals surface area (Å²) in [6.45, 7) is 13.6. The Morgan fingerprint density at radius 2 is 1.00 bits per heavy atom. The lowest BCUT2D eigenvalue weighted by atomic mass is 9.64. The van der Waals surface area contributed by atoms with Crippen molar-refractivity contribution in [1.82, 2.24) is 10.6 Å². The minimum Gasteiger partial charge on any atom is -0.356 e. The van der Waals surface area contributed by atoms with E-state index in [1.165, 1.54) is 0 Å². The van der Waals surface area contributed by atoms with Crippen molar-refractivity contribution in [3.8, 4) is 0 Å². The number of unbranched alkanes of at least 4 members (excludes halogenated alkanes) is 2. The Hall–Kier alpha value is -1.72. The molecule has 6 nitrogen and oxygen atoms in total. The Morgan fingerprint density at radius 3 is 1.27 bits per heavy atom. The molecule has 0 saturated heterocycles. The molecule has 0 aromatic rings. The standard InChI is InChI=1S/C27H42N2O4/c1-22(2)24(5)10-12-26(22,16-18(24)30)20(32)28-14-8-7-9-15-29-21(33)27-13-11-25(6,19(31)17-27)23(27,3)4/h7-17H2,1-6H3,(H,28,32)(H,29,33). The fourth-order valence-electron chi connectivity index (χ4n) is 7.89. The molecule has 0 aromatic carbocycles. The highest BCUT2D eigenvalue weighted by atomic mass is 16.2. The molecule has 184 valence electrons. The summed E-state index contributed by atoms with van der Waals surface area (Å²) in [4.78, 5) is 51.3. The Balaban J connectivity index is 1.20. The van der Waals surface area contributed by atoms with Gasteiger partial charge in [0.2, 0.25) is 11.8 Å². The second-order valence-electron chi connectivity index (χ2n) is 12.9. The first kappa shape index (κ1) is 24.4. The van der Waals surface area contributed by atoms with Crippen LogP contribution in [0.5, 0.6) is 0 Å². The average Bonchev–Trinajstić information content (AvgIpc) is 3.20. The molecule has 0 radical (unpaired) electrons. The molecule has 0 aromatic heterocycles. The summed E-state index contributed by atoms with van der Waals surface area (Å²) < 4.78 is 0. The minimum atomic E-state index is -0.562. The molecule has 4 fully saturated rings. The van der Waals surface area contributed by atoms with E-state index in [1.54, 1.807) is 0 Å². The molecule has 2 N–H and O–H groups in total. The molecular formula is C27H42N2O4. The van der Waals surface area contributed by atoms with Crippen LogP contribution in [0.3, 0.4) is 0 Å². The van der Waals surface area contributed by atoms with Crippen LogP contribution in [-0.4, -0.2) is 36.5 Å². The summed E-state index contributed by atoms with van der Waals surface area (Å²) in [6, 6.07) is 0. The van der Waals surface area contributed by atoms with Gasteiger partial charge < -0.3 is 10.6 Å². The van der Waals surface area contributed by atoms with Gasteiger partial charge in [-0.05, 0) is 55.8 Å². The van der Waals surface area contributed by atoms with Gasteiger partial charge in [0.25, 0.3) is 0 Å². The molecule has 0 spiro atoms. The van der Waals surface area contributed by atoms with E-state index < -0.39 is 10.8 Å². The van der Waals surface area contributed by atoms with Gasteiger partial charge in [0.05, 0.1) is 10.8 Å². The molecule has 4 atom stereocenters. The second kappa shape index (κ2) is 7.39. The summed E-state index contributed by atoms with van der Waals surface area (Å²) in [7, 11) is 0. The number of ketones is 2. The first-order chi connectivity index (χ1) is 15.2. The molecule has 4 saturated carbocycles. The van der Waals surface area contributed by atoms with Crippen molar-refractivity contribution in [2.75, 3.05) is 13.1 Å². The SMILES string of the molecule is CC12CCC(C(=O)NCCCCCNC(=O)C34CCC(C)(C(=O)C3)C4(C)C)(CC1=O)C2(C)C. The van der Waals surface area contributed by atoms with Crippen molar-refractivity contribution in [3.63, 3.8) is 0 Å². The number of Topliss-reactive ketones (excluding diaryl/α,β-unsaturated/α-hetero) is 2. The Morgan fingerprint density at radius 1 is 0.636 bits per heavy atom. The molecule has 0 heterocycles. The van der Waals surface area contributed by atoms with Gasteiger partial charge >= 0.3 is 0 Å². The number of hydrogen-bond acceptors (Lipinski definition) is 4. The van der Waals surface area contributed by atoms with Crippen molar-refractivity contribution in [2.24, 2.45) is 32.5 Å². The maximum absolute atomic E-state index is 13.1. The van der Waals surface area contributed by atoms with Gasteiger partial charge in [-0.15, -0.1) is 0 Å². The van der Waals surface area contributed by atoms with E-state index >= 15 is 0 Å². The average molecular weight is 459 g/mol. The highest BCUT2D eigenvalue weighted by molar-refractivity contribution is 6.00. The predicted octanol–water partition coefficient (Wildman–Crippen LogP) is 3.96. The largest absolute Gasteiger partial charge is 0.356 e. The first-order valence-electron chi connectivity index (χ1n) is 12.9. The van der Waals surface area contributed by atoms with Gasteiger partial charge in [0.1, 0.15) is 11.6 Å². The molecule has 4 rings (SSSR count). The number of nitrogens with one attached hydrogen (secondary N) is 2. The van der Waals surface area contributed by atoms with E-state index in [2.05, 4.69) is 38.3 Å². The number of carbonyl (C=O) groups excluding carboxylic acids is 4. The van der Waals surface area contributed by atoms with Gasteiger partial charge in [-0.25, -0.2) is 0 Å². The lowest BCUT2D eigenvalue weighted by molar-refractivity contribution is -0.136. The summed E-state index contributed by atoms with van der Waals surface area (Å²) in [6.07, 6.45) is 6.51. The van der Waals surface area contributed by atoms with Crippen LogP contribution < -0.4 is 10.6 Å². The van der Waals surface area contributed by atoms with Gasteiger partial charge in [0.15, 0.2) is 0 Å². The summed E-state index contributed by atoms with van der Waals surface area (Å²) in [5, 5.41) is 6.21.